The van der Waals surface area contributed by atoms with Crippen LogP contribution in [0.25, 0.3) is 0 Å². The zero-order chi connectivity index (χ0) is 19.3. The Hall–Kier alpha value is -2.88. The molecule has 10 nitrogen and oxygen atoms in total. The smallest absolute Gasteiger partial charge is 0.332 e. The predicted octanol–water partition coefficient (Wildman–Crippen LogP) is 0.903. The molecule has 0 saturated carbocycles. The molecule has 1 heterocycles. The average Bonchev–Trinajstić information content (AvgIpc) is 3.11. The van der Waals surface area contributed by atoms with Gasteiger partial charge in [0, 0.05) is 12.1 Å². The van der Waals surface area contributed by atoms with Crippen LogP contribution in [0.2, 0.25) is 0 Å². The average molecular weight is 368 g/mol. The number of nitro groups is 1. The van der Waals surface area contributed by atoms with Crippen molar-refractivity contribution in [1.29, 1.82) is 0 Å². The fourth-order valence-corrected chi connectivity index (χ4v) is 2.73. The number of ether oxygens (including phenoxy) is 3. The van der Waals surface area contributed by atoms with Crippen molar-refractivity contribution in [2.24, 2.45) is 0 Å². The number of rotatable bonds is 8. The molecule has 2 N–H and O–H groups in total. The van der Waals surface area contributed by atoms with Gasteiger partial charge in [-0.15, -0.1) is 0 Å². The molecule has 26 heavy (non-hydrogen) atoms. The highest BCUT2D eigenvalue weighted by Crippen LogP contribution is 2.34. The van der Waals surface area contributed by atoms with Crippen molar-refractivity contribution in [2.45, 2.75) is 31.5 Å². The Labute approximate surface area is 149 Å². The number of carboxylic acids is 1. The molecular weight excluding hydrogens is 348 g/mol. The summed E-state index contributed by atoms with van der Waals surface area (Å²) in [7, 11) is 2.80. The highest BCUT2D eigenvalue weighted by Gasteiger charge is 2.34. The lowest BCUT2D eigenvalue weighted by atomic mass is 10.1. The molecule has 0 bridgehead atoms. The third-order valence-corrected chi connectivity index (χ3v) is 4.06. The Morgan fingerprint density at radius 3 is 2.42 bits per heavy atom. The van der Waals surface area contributed by atoms with Crippen molar-refractivity contribution in [3.05, 3.63) is 27.8 Å². The lowest BCUT2D eigenvalue weighted by Gasteiger charge is -2.13. The number of amides is 1. The molecule has 1 aliphatic heterocycles. The molecule has 0 aromatic heterocycles. The van der Waals surface area contributed by atoms with Gasteiger partial charge in [0.05, 0.1) is 25.2 Å². The maximum atomic E-state index is 12.0. The van der Waals surface area contributed by atoms with E-state index >= 15 is 0 Å². The van der Waals surface area contributed by atoms with Gasteiger partial charge in [-0.05, 0) is 25.3 Å². The molecular formula is C16H20N2O8. The van der Waals surface area contributed by atoms with E-state index in [0.717, 1.165) is 0 Å². The van der Waals surface area contributed by atoms with Gasteiger partial charge in [-0.25, -0.2) is 4.79 Å². The summed E-state index contributed by atoms with van der Waals surface area (Å²) in [4.78, 5) is 33.6. The van der Waals surface area contributed by atoms with E-state index in [9.17, 15) is 19.7 Å². The molecule has 1 aliphatic rings. The van der Waals surface area contributed by atoms with E-state index in [-0.39, 0.29) is 30.8 Å². The molecule has 0 aliphatic carbocycles. The number of hydrogen-bond acceptors (Lipinski definition) is 7. The molecule has 2 rings (SSSR count). The monoisotopic (exact) mass is 368 g/mol. The normalized spacial score (nSPS) is 19.0. The van der Waals surface area contributed by atoms with Crippen LogP contribution in [0.15, 0.2) is 12.1 Å². The van der Waals surface area contributed by atoms with Gasteiger partial charge >= 0.3 is 5.97 Å². The summed E-state index contributed by atoms with van der Waals surface area (Å²) in [5, 5.41) is 22.7. The molecule has 2 atom stereocenters. The first-order valence-corrected chi connectivity index (χ1v) is 7.92. The standard InChI is InChI=1S/C16H20N2O8/c1-24-13-7-9(10(18(22)23)8-14(13)25-2)5-6-17-15(19)11-3-4-12(26-11)16(20)21/h7-8,11-12H,3-6H2,1-2H3,(H,17,19)(H,20,21)/t11-,12+/m0/s1. The molecule has 1 saturated heterocycles. The van der Waals surface area contributed by atoms with E-state index in [4.69, 9.17) is 19.3 Å². The Morgan fingerprint density at radius 2 is 1.88 bits per heavy atom. The van der Waals surface area contributed by atoms with E-state index in [1.165, 1.54) is 26.4 Å². The lowest BCUT2D eigenvalue weighted by molar-refractivity contribution is -0.385. The fraction of sp³-hybridized carbons (Fsp3) is 0.500. The van der Waals surface area contributed by atoms with Gasteiger partial charge in [-0.1, -0.05) is 0 Å². The van der Waals surface area contributed by atoms with E-state index in [2.05, 4.69) is 5.32 Å². The Morgan fingerprint density at radius 1 is 1.27 bits per heavy atom. The number of carbonyl (C=O) groups excluding carboxylic acids is 1. The third-order valence-electron chi connectivity index (χ3n) is 4.06. The first-order chi connectivity index (χ1) is 12.4. The summed E-state index contributed by atoms with van der Waals surface area (Å²) >= 11 is 0. The molecule has 0 unspecified atom stereocenters. The molecule has 0 spiro atoms. The van der Waals surface area contributed by atoms with Crippen LogP contribution in [0.4, 0.5) is 5.69 Å². The number of carbonyl (C=O) groups is 2. The van der Waals surface area contributed by atoms with Gasteiger partial charge in [0.1, 0.15) is 6.10 Å². The SMILES string of the molecule is COc1cc(CCNC(=O)[C@@H]2CC[C@H](C(=O)O)O2)c([N+](=O)[O-])cc1OC. The van der Waals surface area contributed by atoms with E-state index < -0.39 is 29.0 Å². The lowest BCUT2D eigenvalue weighted by Crippen LogP contribution is -2.36. The number of nitro benzene ring substituents is 1. The molecule has 1 fully saturated rings. The van der Waals surface area contributed by atoms with E-state index in [1.807, 2.05) is 0 Å². The zero-order valence-corrected chi connectivity index (χ0v) is 14.4. The van der Waals surface area contributed by atoms with Crippen LogP contribution in [0.3, 0.4) is 0 Å². The molecule has 1 aromatic rings. The van der Waals surface area contributed by atoms with Gasteiger partial charge in [0.25, 0.3) is 5.69 Å². The number of nitrogens with zero attached hydrogens (tertiary/aromatic N) is 1. The summed E-state index contributed by atoms with van der Waals surface area (Å²) < 4.78 is 15.4. The van der Waals surface area contributed by atoms with Crippen LogP contribution < -0.4 is 14.8 Å². The molecule has 1 aromatic carbocycles. The van der Waals surface area contributed by atoms with Crippen molar-refractivity contribution < 1.29 is 33.8 Å². The maximum absolute atomic E-state index is 12.0. The minimum absolute atomic E-state index is 0.132. The maximum Gasteiger partial charge on any atom is 0.332 e. The summed E-state index contributed by atoms with van der Waals surface area (Å²) in [5.74, 6) is -0.938. The highest BCUT2D eigenvalue weighted by atomic mass is 16.6. The Kier molecular flexibility index (Phi) is 6.34. The van der Waals surface area contributed by atoms with Gasteiger partial charge in [0.15, 0.2) is 17.6 Å². The van der Waals surface area contributed by atoms with Gasteiger partial charge in [-0.2, -0.15) is 0 Å². The number of benzene rings is 1. The molecule has 10 heteroatoms. The van der Waals surface area contributed by atoms with E-state index in [0.29, 0.717) is 17.7 Å². The van der Waals surface area contributed by atoms with E-state index in [1.54, 1.807) is 0 Å². The molecule has 1 amide bonds. The minimum atomic E-state index is -1.10. The minimum Gasteiger partial charge on any atom is -0.493 e. The fourth-order valence-electron chi connectivity index (χ4n) is 2.73. The summed E-state index contributed by atoms with van der Waals surface area (Å²) in [5.41, 5.74) is 0.239. The van der Waals surface area contributed by atoms with Crippen molar-refractivity contribution >= 4 is 17.6 Å². The van der Waals surface area contributed by atoms with Gasteiger partial charge < -0.3 is 24.6 Å². The van der Waals surface area contributed by atoms with Crippen LogP contribution in [-0.4, -0.2) is 54.9 Å². The second-order valence-corrected chi connectivity index (χ2v) is 5.66. The van der Waals surface area contributed by atoms with Crippen LogP contribution in [0.5, 0.6) is 11.5 Å². The third kappa shape index (κ3) is 4.39. The van der Waals surface area contributed by atoms with Crippen molar-refractivity contribution in [3.8, 4) is 11.5 Å². The van der Waals surface area contributed by atoms with Crippen LogP contribution in [-0.2, 0) is 20.7 Å². The number of carboxylic acid groups (broad SMARTS) is 1. The van der Waals surface area contributed by atoms with Crippen molar-refractivity contribution in [3.63, 3.8) is 0 Å². The first-order valence-electron chi connectivity index (χ1n) is 7.92. The van der Waals surface area contributed by atoms with Crippen molar-refractivity contribution in [1.82, 2.24) is 5.32 Å². The number of hydrogen-bond donors (Lipinski definition) is 2. The molecule has 0 radical (unpaired) electrons. The quantitative estimate of drug-likeness (QED) is 0.510. The van der Waals surface area contributed by atoms with Gasteiger partial charge in [-0.3, -0.25) is 14.9 Å². The predicted molar refractivity (Wildman–Crippen MR) is 88.4 cm³/mol. The van der Waals surface area contributed by atoms with Crippen LogP contribution >= 0.6 is 0 Å². The largest absolute Gasteiger partial charge is 0.493 e. The van der Waals surface area contributed by atoms with Crippen LogP contribution in [0.1, 0.15) is 18.4 Å². The Balaban J connectivity index is 1.99. The number of methoxy groups -OCH3 is 2. The summed E-state index contributed by atoms with van der Waals surface area (Å²) in [6, 6.07) is 2.77. The molecule has 142 valence electrons. The summed E-state index contributed by atoms with van der Waals surface area (Å²) in [6.07, 6.45) is -1.01. The second kappa shape index (κ2) is 8.48. The number of aliphatic carboxylic acids is 1. The zero-order valence-electron chi connectivity index (χ0n) is 14.4. The first kappa shape index (κ1) is 19.4. The number of nitrogens with one attached hydrogen (secondary N) is 1. The van der Waals surface area contributed by atoms with Crippen molar-refractivity contribution in [2.75, 3.05) is 20.8 Å². The van der Waals surface area contributed by atoms with Crippen LogP contribution in [0, 0.1) is 10.1 Å². The summed E-state index contributed by atoms with van der Waals surface area (Å²) in [6.45, 7) is 0.132. The highest BCUT2D eigenvalue weighted by molar-refractivity contribution is 5.82. The topological polar surface area (TPSA) is 137 Å². The van der Waals surface area contributed by atoms with Gasteiger partial charge in [0.2, 0.25) is 5.91 Å². The second-order valence-electron chi connectivity index (χ2n) is 5.66. The Bertz CT molecular complexity index is 706.